The van der Waals surface area contributed by atoms with Crippen molar-refractivity contribution < 1.29 is 0 Å². The maximum Gasteiger partial charge on any atom is 0.224 e. The molecular weight excluding hydrogens is 216 g/mol. The number of nitrogen functional groups attached to an aromatic ring is 1. The van der Waals surface area contributed by atoms with Crippen LogP contribution >= 0.6 is 0 Å². The monoisotopic (exact) mass is 232 g/mol. The fourth-order valence-electron chi connectivity index (χ4n) is 2.42. The molecule has 17 heavy (non-hydrogen) atoms. The van der Waals surface area contributed by atoms with Crippen LogP contribution in [-0.4, -0.2) is 33.0 Å². The van der Waals surface area contributed by atoms with Crippen molar-refractivity contribution in [2.45, 2.75) is 19.8 Å². The minimum absolute atomic E-state index is 0.291. The largest absolute Gasteiger partial charge is 0.368 e. The lowest BCUT2D eigenvalue weighted by atomic mass is 10.1. The smallest absolute Gasteiger partial charge is 0.224 e. The molecule has 2 aromatic heterocycles. The Bertz CT molecular complexity index is 534. The number of rotatable bonds is 2. The lowest BCUT2D eigenvalue weighted by Gasteiger charge is -2.17. The Morgan fingerprint density at radius 1 is 1.53 bits per heavy atom. The zero-order chi connectivity index (χ0) is 11.8. The Hall–Kier alpha value is -1.85. The van der Waals surface area contributed by atoms with E-state index in [1.165, 1.54) is 12.8 Å². The average Bonchev–Trinajstić information content (AvgIpc) is 2.95. The highest BCUT2D eigenvalue weighted by atomic mass is 15.2. The quantitative estimate of drug-likeness (QED) is 0.812. The molecule has 0 bridgehead atoms. The third-order valence-electron chi connectivity index (χ3n) is 3.45. The number of nitrogens with two attached hydrogens (primary N) is 1. The van der Waals surface area contributed by atoms with Gasteiger partial charge in [-0.1, -0.05) is 13.3 Å². The van der Waals surface area contributed by atoms with Gasteiger partial charge in [0.05, 0.1) is 6.33 Å². The van der Waals surface area contributed by atoms with Crippen molar-refractivity contribution >= 4 is 22.9 Å². The molecule has 90 valence electrons. The summed E-state index contributed by atoms with van der Waals surface area (Å²) in [7, 11) is 0. The molecule has 1 fully saturated rings. The van der Waals surface area contributed by atoms with Gasteiger partial charge in [0.15, 0.2) is 11.5 Å². The standard InChI is InChI=1S/C11H16N6/c1-2-7-3-4-17(5-7)10-8-9(14-6-13-8)15-11(12)16-10/h6-7H,2-5H2,1H3,(H3,12,13,14,15,16). The van der Waals surface area contributed by atoms with Gasteiger partial charge in [0.2, 0.25) is 5.95 Å². The maximum absolute atomic E-state index is 5.72. The van der Waals surface area contributed by atoms with Crippen LogP contribution in [0.4, 0.5) is 11.8 Å². The van der Waals surface area contributed by atoms with Crippen molar-refractivity contribution in [3.63, 3.8) is 0 Å². The summed E-state index contributed by atoms with van der Waals surface area (Å²) in [5.74, 6) is 1.93. The van der Waals surface area contributed by atoms with E-state index in [0.717, 1.165) is 30.3 Å². The van der Waals surface area contributed by atoms with E-state index >= 15 is 0 Å². The summed E-state index contributed by atoms with van der Waals surface area (Å²) < 4.78 is 0. The first-order valence-corrected chi connectivity index (χ1v) is 5.99. The highest BCUT2D eigenvalue weighted by molar-refractivity contribution is 5.84. The summed E-state index contributed by atoms with van der Waals surface area (Å²) in [6, 6.07) is 0. The number of aromatic nitrogens is 4. The average molecular weight is 232 g/mol. The Kier molecular flexibility index (Phi) is 2.35. The summed E-state index contributed by atoms with van der Waals surface area (Å²) in [5.41, 5.74) is 7.25. The summed E-state index contributed by atoms with van der Waals surface area (Å²) in [6.45, 7) is 4.30. The molecule has 1 atom stereocenters. The van der Waals surface area contributed by atoms with Crippen molar-refractivity contribution in [1.82, 2.24) is 19.9 Å². The number of anilines is 2. The number of nitrogens with one attached hydrogen (secondary N) is 1. The van der Waals surface area contributed by atoms with Crippen LogP contribution < -0.4 is 10.6 Å². The predicted octanol–water partition coefficient (Wildman–Crippen LogP) is 1.17. The molecule has 1 aliphatic heterocycles. The van der Waals surface area contributed by atoms with Crippen LogP contribution in [0.1, 0.15) is 19.8 Å². The highest BCUT2D eigenvalue weighted by Crippen LogP contribution is 2.28. The molecule has 3 rings (SSSR count). The lowest BCUT2D eigenvalue weighted by Crippen LogP contribution is -2.21. The van der Waals surface area contributed by atoms with Crippen molar-refractivity contribution in [3.05, 3.63) is 6.33 Å². The Morgan fingerprint density at radius 2 is 2.41 bits per heavy atom. The van der Waals surface area contributed by atoms with Gasteiger partial charge in [0.25, 0.3) is 0 Å². The molecule has 0 radical (unpaired) electrons. The van der Waals surface area contributed by atoms with Gasteiger partial charge in [-0.25, -0.2) is 4.98 Å². The van der Waals surface area contributed by atoms with Crippen LogP contribution in [-0.2, 0) is 0 Å². The molecule has 0 aliphatic carbocycles. The van der Waals surface area contributed by atoms with Gasteiger partial charge in [-0.05, 0) is 12.3 Å². The van der Waals surface area contributed by atoms with E-state index in [4.69, 9.17) is 5.73 Å². The molecular formula is C11H16N6. The van der Waals surface area contributed by atoms with Crippen LogP contribution in [0.2, 0.25) is 0 Å². The fourth-order valence-corrected chi connectivity index (χ4v) is 2.42. The minimum atomic E-state index is 0.291. The first-order valence-electron chi connectivity index (χ1n) is 5.99. The van der Waals surface area contributed by atoms with E-state index < -0.39 is 0 Å². The first-order chi connectivity index (χ1) is 8.28. The van der Waals surface area contributed by atoms with Crippen LogP contribution in [0.5, 0.6) is 0 Å². The lowest BCUT2D eigenvalue weighted by molar-refractivity contribution is 0.569. The zero-order valence-electron chi connectivity index (χ0n) is 9.85. The molecule has 1 aliphatic rings. The normalized spacial score (nSPS) is 20.3. The van der Waals surface area contributed by atoms with Crippen molar-refractivity contribution in [2.24, 2.45) is 5.92 Å². The van der Waals surface area contributed by atoms with Gasteiger partial charge in [0, 0.05) is 13.1 Å². The number of imidazole rings is 1. The van der Waals surface area contributed by atoms with E-state index in [-0.39, 0.29) is 0 Å². The maximum atomic E-state index is 5.72. The summed E-state index contributed by atoms with van der Waals surface area (Å²) in [4.78, 5) is 17.9. The van der Waals surface area contributed by atoms with Crippen molar-refractivity contribution in [2.75, 3.05) is 23.7 Å². The first kappa shape index (κ1) is 10.3. The molecule has 2 aromatic rings. The van der Waals surface area contributed by atoms with Crippen LogP contribution in [0, 0.1) is 5.92 Å². The minimum Gasteiger partial charge on any atom is -0.368 e. The molecule has 1 unspecified atom stereocenters. The summed E-state index contributed by atoms with van der Waals surface area (Å²) in [5, 5.41) is 0. The molecule has 3 N–H and O–H groups in total. The molecule has 6 heteroatoms. The van der Waals surface area contributed by atoms with Gasteiger partial charge in [-0.15, -0.1) is 0 Å². The van der Waals surface area contributed by atoms with Crippen LogP contribution in [0.15, 0.2) is 6.33 Å². The topological polar surface area (TPSA) is 83.7 Å². The van der Waals surface area contributed by atoms with Gasteiger partial charge >= 0.3 is 0 Å². The van der Waals surface area contributed by atoms with E-state index in [0.29, 0.717) is 11.6 Å². The van der Waals surface area contributed by atoms with E-state index in [1.54, 1.807) is 6.33 Å². The van der Waals surface area contributed by atoms with Crippen LogP contribution in [0.3, 0.4) is 0 Å². The molecule has 0 spiro atoms. The van der Waals surface area contributed by atoms with Gasteiger partial charge in [-0.3, -0.25) is 0 Å². The van der Waals surface area contributed by atoms with E-state index in [1.807, 2.05) is 0 Å². The second-order valence-electron chi connectivity index (χ2n) is 4.52. The SMILES string of the molecule is CCC1CCN(c2nc(N)nc3nc[nH]c23)C1. The second-order valence-corrected chi connectivity index (χ2v) is 4.52. The van der Waals surface area contributed by atoms with E-state index in [2.05, 4.69) is 31.8 Å². The number of aromatic amines is 1. The molecule has 6 nitrogen and oxygen atoms in total. The van der Waals surface area contributed by atoms with Crippen molar-refractivity contribution in [3.8, 4) is 0 Å². The number of H-pyrrole nitrogens is 1. The molecule has 1 saturated heterocycles. The Balaban J connectivity index is 2.02. The summed E-state index contributed by atoms with van der Waals surface area (Å²) in [6.07, 6.45) is 4.06. The van der Waals surface area contributed by atoms with Gasteiger partial charge in [0.1, 0.15) is 5.52 Å². The van der Waals surface area contributed by atoms with Gasteiger partial charge < -0.3 is 15.6 Å². The second kappa shape index (κ2) is 3.87. The van der Waals surface area contributed by atoms with E-state index in [9.17, 15) is 0 Å². The number of hydrogen-bond donors (Lipinski definition) is 2. The molecule has 0 aromatic carbocycles. The predicted molar refractivity (Wildman–Crippen MR) is 66.7 cm³/mol. The molecule has 0 saturated carbocycles. The molecule has 3 heterocycles. The third-order valence-corrected chi connectivity index (χ3v) is 3.45. The Labute approximate surface area is 99.3 Å². The fraction of sp³-hybridized carbons (Fsp3) is 0.545. The zero-order valence-corrected chi connectivity index (χ0v) is 9.85. The summed E-state index contributed by atoms with van der Waals surface area (Å²) >= 11 is 0. The third kappa shape index (κ3) is 1.69. The highest BCUT2D eigenvalue weighted by Gasteiger charge is 2.24. The Morgan fingerprint density at radius 3 is 3.18 bits per heavy atom. The number of nitrogens with zero attached hydrogens (tertiary/aromatic N) is 4. The van der Waals surface area contributed by atoms with Gasteiger partial charge in [-0.2, -0.15) is 9.97 Å². The number of fused-ring (bicyclic) bond motifs is 1. The van der Waals surface area contributed by atoms with Crippen LogP contribution in [0.25, 0.3) is 11.2 Å². The van der Waals surface area contributed by atoms with Crippen molar-refractivity contribution in [1.29, 1.82) is 0 Å². The molecule has 0 amide bonds. The number of hydrogen-bond acceptors (Lipinski definition) is 5.